The third kappa shape index (κ3) is 42.3. The molecule has 0 rings (SSSR count). The molecule has 3 N–H and O–H groups in total. The highest BCUT2D eigenvalue weighted by Crippen LogP contribution is 2.17. The summed E-state index contributed by atoms with van der Waals surface area (Å²) < 4.78 is 0. The smallest absolute Gasteiger partial charge is 0.220 e. The van der Waals surface area contributed by atoms with Gasteiger partial charge in [0.25, 0.3) is 0 Å². The van der Waals surface area contributed by atoms with Crippen molar-refractivity contribution in [2.45, 2.75) is 296 Å². The third-order valence-electron chi connectivity index (χ3n) is 11.8. The van der Waals surface area contributed by atoms with E-state index < -0.39 is 12.1 Å². The van der Waals surface area contributed by atoms with Crippen molar-refractivity contribution >= 4 is 5.91 Å². The van der Waals surface area contributed by atoms with Crippen molar-refractivity contribution in [3.05, 3.63) is 12.2 Å². The summed E-state index contributed by atoms with van der Waals surface area (Å²) in [5.74, 6) is -0.0629. The van der Waals surface area contributed by atoms with Gasteiger partial charge in [-0.25, -0.2) is 0 Å². The van der Waals surface area contributed by atoms with Crippen LogP contribution in [0.5, 0.6) is 0 Å². The molecule has 0 aromatic rings. The molecule has 2 unspecified atom stereocenters. The zero-order chi connectivity index (χ0) is 39.3. The summed E-state index contributed by atoms with van der Waals surface area (Å²) in [6.07, 6.45) is 59.4. The van der Waals surface area contributed by atoms with Gasteiger partial charge in [0, 0.05) is 6.42 Å². The molecule has 0 saturated carbocycles. The maximum Gasteiger partial charge on any atom is 0.220 e. The molecule has 4 heteroatoms. The minimum atomic E-state index is -0.833. The maximum absolute atomic E-state index is 12.3. The predicted octanol–water partition coefficient (Wildman–Crippen LogP) is 15.8. The molecular formula is C50H99NO3. The van der Waals surface area contributed by atoms with Gasteiger partial charge in [0.15, 0.2) is 0 Å². The Balaban J connectivity index is 3.39. The summed E-state index contributed by atoms with van der Waals surface area (Å²) in [6, 6.07) is -0.615. The normalized spacial score (nSPS) is 12.9. The molecule has 4 nitrogen and oxygen atoms in total. The highest BCUT2D eigenvalue weighted by molar-refractivity contribution is 5.76. The SMILES string of the molecule is CCCCCCCCCCCCCCCCCCCCCCCCCCCCCCCC/C=C/C(O)C(CO)NC(=O)CCCCCCCCCCCC. The summed E-state index contributed by atoms with van der Waals surface area (Å²) in [6.45, 7) is 4.31. The molecule has 0 saturated heterocycles. The Morgan fingerprint density at radius 3 is 0.963 bits per heavy atom. The van der Waals surface area contributed by atoms with Crippen LogP contribution in [0.2, 0.25) is 0 Å². The number of nitrogens with one attached hydrogen (secondary N) is 1. The quantitative estimate of drug-likeness (QED) is 0.0427. The lowest BCUT2D eigenvalue weighted by Crippen LogP contribution is -2.45. The number of carbonyl (C=O) groups is 1. The first-order valence-electron chi connectivity index (χ1n) is 24.9. The molecule has 0 aliphatic heterocycles. The van der Waals surface area contributed by atoms with E-state index in [-0.39, 0.29) is 12.5 Å². The molecule has 0 aromatic heterocycles. The summed E-state index contributed by atoms with van der Waals surface area (Å²) in [7, 11) is 0. The molecule has 0 radical (unpaired) electrons. The fourth-order valence-electron chi connectivity index (χ4n) is 7.95. The molecular weight excluding hydrogens is 663 g/mol. The molecule has 0 aliphatic carbocycles. The van der Waals surface area contributed by atoms with E-state index in [1.165, 1.54) is 238 Å². The van der Waals surface area contributed by atoms with E-state index in [1.54, 1.807) is 6.08 Å². The Labute approximate surface area is 339 Å². The zero-order valence-corrected chi connectivity index (χ0v) is 37.0. The van der Waals surface area contributed by atoms with Gasteiger partial charge in [0.05, 0.1) is 18.8 Å². The number of aliphatic hydroxyl groups is 2. The Hall–Kier alpha value is -0.870. The van der Waals surface area contributed by atoms with Crippen molar-refractivity contribution in [1.29, 1.82) is 0 Å². The lowest BCUT2D eigenvalue weighted by molar-refractivity contribution is -0.123. The number of carbonyl (C=O) groups excluding carboxylic acids is 1. The Morgan fingerprint density at radius 2 is 0.685 bits per heavy atom. The number of rotatable bonds is 46. The van der Waals surface area contributed by atoms with Crippen LogP contribution >= 0.6 is 0 Å². The molecule has 0 spiro atoms. The fraction of sp³-hybridized carbons (Fsp3) is 0.940. The minimum Gasteiger partial charge on any atom is -0.394 e. The lowest BCUT2D eigenvalue weighted by atomic mass is 10.0. The molecule has 1 amide bonds. The van der Waals surface area contributed by atoms with Crippen LogP contribution in [0.25, 0.3) is 0 Å². The number of hydrogen-bond acceptors (Lipinski definition) is 3. The van der Waals surface area contributed by atoms with E-state index in [0.29, 0.717) is 6.42 Å². The molecule has 322 valence electrons. The Bertz CT molecular complexity index is 739. The lowest BCUT2D eigenvalue weighted by Gasteiger charge is -2.20. The van der Waals surface area contributed by atoms with Crippen LogP contribution in [0, 0.1) is 0 Å². The first-order chi connectivity index (χ1) is 26.7. The molecule has 0 aliphatic rings. The molecule has 0 heterocycles. The van der Waals surface area contributed by atoms with E-state index in [2.05, 4.69) is 19.2 Å². The minimum absolute atomic E-state index is 0.0629. The molecule has 0 fully saturated rings. The highest BCUT2D eigenvalue weighted by atomic mass is 16.3. The van der Waals surface area contributed by atoms with Crippen LogP contribution in [0.3, 0.4) is 0 Å². The third-order valence-corrected chi connectivity index (χ3v) is 11.8. The summed E-state index contributed by atoms with van der Waals surface area (Å²) in [4.78, 5) is 12.3. The van der Waals surface area contributed by atoms with Crippen LogP contribution in [-0.2, 0) is 4.79 Å². The number of aliphatic hydroxyl groups excluding tert-OH is 2. The second-order valence-corrected chi connectivity index (χ2v) is 17.2. The Kier molecular flexibility index (Phi) is 45.8. The van der Waals surface area contributed by atoms with Gasteiger partial charge in [-0.15, -0.1) is 0 Å². The van der Waals surface area contributed by atoms with E-state index in [4.69, 9.17) is 0 Å². The summed E-state index contributed by atoms with van der Waals surface area (Å²) >= 11 is 0. The average molecular weight is 762 g/mol. The predicted molar refractivity (Wildman–Crippen MR) is 239 cm³/mol. The van der Waals surface area contributed by atoms with Crippen LogP contribution in [0.15, 0.2) is 12.2 Å². The topological polar surface area (TPSA) is 69.6 Å². The molecule has 0 bridgehead atoms. The molecule has 0 aromatic carbocycles. The number of unbranched alkanes of at least 4 members (excludes halogenated alkanes) is 39. The van der Waals surface area contributed by atoms with Crippen molar-refractivity contribution in [3.8, 4) is 0 Å². The first-order valence-corrected chi connectivity index (χ1v) is 24.9. The molecule has 54 heavy (non-hydrogen) atoms. The summed E-state index contributed by atoms with van der Waals surface area (Å²) in [5, 5.41) is 23.0. The monoisotopic (exact) mass is 762 g/mol. The summed E-state index contributed by atoms with van der Waals surface area (Å²) in [5.41, 5.74) is 0. The van der Waals surface area contributed by atoms with E-state index in [1.807, 2.05) is 6.08 Å². The van der Waals surface area contributed by atoms with Gasteiger partial charge in [-0.2, -0.15) is 0 Å². The van der Waals surface area contributed by atoms with Crippen molar-refractivity contribution < 1.29 is 15.0 Å². The van der Waals surface area contributed by atoms with Crippen LogP contribution in [0.1, 0.15) is 284 Å². The van der Waals surface area contributed by atoms with E-state index in [0.717, 1.165) is 25.7 Å². The molecule has 2 atom stereocenters. The van der Waals surface area contributed by atoms with Crippen molar-refractivity contribution in [2.75, 3.05) is 6.61 Å². The van der Waals surface area contributed by atoms with Crippen LogP contribution in [0.4, 0.5) is 0 Å². The van der Waals surface area contributed by atoms with E-state index >= 15 is 0 Å². The fourth-order valence-corrected chi connectivity index (χ4v) is 7.95. The van der Waals surface area contributed by atoms with Crippen LogP contribution in [-0.4, -0.2) is 34.9 Å². The standard InChI is InChI=1S/C50H99NO3/c1-3-5-7-9-11-13-15-16-17-18-19-20-21-22-23-24-25-26-27-28-29-30-31-32-33-34-35-36-37-39-41-43-45-49(53)48(47-52)51-50(54)46-44-42-40-38-14-12-10-8-6-4-2/h43,45,48-49,52-53H,3-42,44,46-47H2,1-2H3,(H,51,54)/b45-43+. The van der Waals surface area contributed by atoms with Gasteiger partial charge < -0.3 is 15.5 Å². The first kappa shape index (κ1) is 53.1. The Morgan fingerprint density at radius 1 is 0.426 bits per heavy atom. The maximum atomic E-state index is 12.3. The van der Waals surface area contributed by atoms with Gasteiger partial charge in [0.1, 0.15) is 0 Å². The van der Waals surface area contributed by atoms with Gasteiger partial charge >= 0.3 is 0 Å². The average Bonchev–Trinajstić information content (AvgIpc) is 3.18. The number of hydrogen-bond donors (Lipinski definition) is 3. The second-order valence-electron chi connectivity index (χ2n) is 17.2. The van der Waals surface area contributed by atoms with Crippen molar-refractivity contribution in [2.24, 2.45) is 0 Å². The van der Waals surface area contributed by atoms with Gasteiger partial charge in [-0.1, -0.05) is 270 Å². The van der Waals surface area contributed by atoms with Gasteiger partial charge in [-0.3, -0.25) is 4.79 Å². The second kappa shape index (κ2) is 46.5. The van der Waals surface area contributed by atoms with Crippen LogP contribution < -0.4 is 5.32 Å². The number of amides is 1. The van der Waals surface area contributed by atoms with E-state index in [9.17, 15) is 15.0 Å². The largest absolute Gasteiger partial charge is 0.394 e. The van der Waals surface area contributed by atoms with Crippen molar-refractivity contribution in [1.82, 2.24) is 5.32 Å². The van der Waals surface area contributed by atoms with Gasteiger partial charge in [0.2, 0.25) is 5.91 Å². The zero-order valence-electron chi connectivity index (χ0n) is 37.0. The highest BCUT2D eigenvalue weighted by Gasteiger charge is 2.18. The van der Waals surface area contributed by atoms with Crippen molar-refractivity contribution in [3.63, 3.8) is 0 Å². The van der Waals surface area contributed by atoms with Gasteiger partial charge in [-0.05, 0) is 19.3 Å². The number of allylic oxidation sites excluding steroid dienone is 1.